The Morgan fingerprint density at radius 2 is 2.12 bits per heavy atom. The van der Waals surface area contributed by atoms with E-state index in [9.17, 15) is 9.59 Å². The summed E-state index contributed by atoms with van der Waals surface area (Å²) < 4.78 is 0. The minimum absolute atomic E-state index is 0.0847. The van der Waals surface area contributed by atoms with E-state index in [1.807, 2.05) is 44.2 Å². The van der Waals surface area contributed by atoms with Crippen LogP contribution in [-0.4, -0.2) is 29.7 Å². The molecule has 2 heterocycles. The van der Waals surface area contributed by atoms with Gasteiger partial charge in [0.05, 0.1) is 16.8 Å². The fourth-order valence-electron chi connectivity index (χ4n) is 2.76. The zero-order chi connectivity index (χ0) is 18.2. The average Bonchev–Trinajstić information content (AvgIpc) is 2.99. The number of rotatable bonds is 3. The molecule has 0 bridgehead atoms. The lowest BCUT2D eigenvalue weighted by Crippen LogP contribution is -2.47. The fraction of sp³-hybridized carbons (Fsp3) is 0.278. The van der Waals surface area contributed by atoms with Gasteiger partial charge >= 0.3 is 0 Å². The summed E-state index contributed by atoms with van der Waals surface area (Å²) in [7, 11) is 1.61. The van der Waals surface area contributed by atoms with Crippen LogP contribution in [0.1, 0.15) is 33.5 Å². The topological polar surface area (TPSA) is 87.8 Å². The number of thiophene rings is 1. The lowest BCUT2D eigenvalue weighted by molar-refractivity contribution is -0.128. The number of guanidine groups is 1. The first kappa shape index (κ1) is 17.2. The predicted molar refractivity (Wildman–Crippen MR) is 99.8 cm³/mol. The molecule has 0 saturated carbocycles. The van der Waals surface area contributed by atoms with Crippen molar-refractivity contribution < 1.29 is 9.59 Å². The second kappa shape index (κ2) is 6.33. The third kappa shape index (κ3) is 3.41. The van der Waals surface area contributed by atoms with E-state index in [1.165, 1.54) is 16.2 Å². The predicted octanol–water partition coefficient (Wildman–Crippen LogP) is 2.70. The highest BCUT2D eigenvalue weighted by atomic mass is 32.1. The molecule has 0 unspecified atom stereocenters. The second-order valence-corrected chi connectivity index (χ2v) is 7.61. The number of anilines is 1. The summed E-state index contributed by atoms with van der Waals surface area (Å²) in [4.78, 5) is 32.1. The van der Waals surface area contributed by atoms with Crippen LogP contribution in [0.25, 0.3) is 0 Å². The van der Waals surface area contributed by atoms with Gasteiger partial charge in [-0.3, -0.25) is 14.5 Å². The molecular formula is C18H20N4O2S. The van der Waals surface area contributed by atoms with E-state index < -0.39 is 5.54 Å². The number of hydrogen-bond acceptors (Lipinski definition) is 5. The maximum Gasteiger partial charge on any atom is 0.265 e. The van der Waals surface area contributed by atoms with Crippen molar-refractivity contribution in [3.05, 3.63) is 51.7 Å². The van der Waals surface area contributed by atoms with Crippen LogP contribution in [0, 0.1) is 6.92 Å². The van der Waals surface area contributed by atoms with E-state index in [4.69, 9.17) is 5.73 Å². The lowest BCUT2D eigenvalue weighted by Gasteiger charge is -2.33. The zero-order valence-electron chi connectivity index (χ0n) is 14.4. The number of benzene rings is 1. The van der Waals surface area contributed by atoms with Crippen molar-refractivity contribution in [1.29, 1.82) is 0 Å². The van der Waals surface area contributed by atoms with Crippen molar-refractivity contribution >= 4 is 34.8 Å². The van der Waals surface area contributed by atoms with Crippen LogP contribution < -0.4 is 11.1 Å². The Bertz CT molecular complexity index is 873. The number of aliphatic imine (C=N–C) groups is 1. The molecule has 1 aliphatic rings. The van der Waals surface area contributed by atoms with Crippen molar-refractivity contribution in [2.75, 3.05) is 12.4 Å². The molecule has 0 saturated heterocycles. The summed E-state index contributed by atoms with van der Waals surface area (Å²) >= 11 is 1.45. The first-order chi connectivity index (χ1) is 11.8. The van der Waals surface area contributed by atoms with Crippen LogP contribution in [0.15, 0.2) is 41.4 Å². The molecule has 1 aromatic carbocycles. The number of nitrogens with zero attached hydrogens (tertiary/aromatic N) is 2. The van der Waals surface area contributed by atoms with Gasteiger partial charge < -0.3 is 11.1 Å². The molecule has 1 aromatic heterocycles. The third-order valence-electron chi connectivity index (χ3n) is 4.28. The Kier molecular flexibility index (Phi) is 4.34. The van der Waals surface area contributed by atoms with Gasteiger partial charge in [0.25, 0.3) is 5.91 Å². The molecule has 3 N–H and O–H groups in total. The summed E-state index contributed by atoms with van der Waals surface area (Å²) in [5.74, 6) is -0.0383. The molecule has 0 fully saturated rings. The molecule has 25 heavy (non-hydrogen) atoms. The molecule has 0 spiro atoms. The van der Waals surface area contributed by atoms with Crippen LogP contribution in [0.5, 0.6) is 0 Å². The highest BCUT2D eigenvalue weighted by Crippen LogP contribution is 2.34. The molecule has 0 aliphatic carbocycles. The first-order valence-electron chi connectivity index (χ1n) is 7.89. The summed E-state index contributed by atoms with van der Waals surface area (Å²) in [6.07, 6.45) is 0.228. The Morgan fingerprint density at radius 1 is 1.36 bits per heavy atom. The standard InChI is InChI=1S/C18H20N4O2S/c1-11-7-8-14(25-11)16(24)20-13-6-4-5-12(9-13)18(2)10-15(23)22(3)17(19)21-18/h4-9H,10H2,1-3H3,(H2,19,21)(H,20,24)/t18-/m0/s1. The van der Waals surface area contributed by atoms with Crippen LogP contribution >= 0.6 is 11.3 Å². The van der Waals surface area contributed by atoms with E-state index in [0.717, 1.165) is 10.4 Å². The van der Waals surface area contributed by atoms with Crippen molar-refractivity contribution in [1.82, 2.24) is 4.90 Å². The molecule has 6 nitrogen and oxygen atoms in total. The smallest absolute Gasteiger partial charge is 0.265 e. The Hall–Kier alpha value is -2.67. The molecular weight excluding hydrogens is 336 g/mol. The van der Waals surface area contributed by atoms with Crippen LogP contribution in [0.4, 0.5) is 5.69 Å². The average molecular weight is 356 g/mol. The summed E-state index contributed by atoms with van der Waals surface area (Å²) in [6, 6.07) is 11.1. The molecule has 2 aromatic rings. The molecule has 0 radical (unpaired) electrons. The number of carbonyl (C=O) groups excluding carboxylic acids is 2. The van der Waals surface area contributed by atoms with Gasteiger partial charge in [0, 0.05) is 17.6 Å². The number of nitrogens with one attached hydrogen (secondary N) is 1. The molecule has 2 amide bonds. The molecule has 1 atom stereocenters. The number of carbonyl (C=O) groups is 2. The highest BCUT2D eigenvalue weighted by Gasteiger charge is 2.36. The van der Waals surface area contributed by atoms with Gasteiger partial charge in [-0.15, -0.1) is 11.3 Å². The molecule has 130 valence electrons. The maximum atomic E-state index is 12.3. The van der Waals surface area contributed by atoms with Crippen molar-refractivity contribution in [3.8, 4) is 0 Å². The quantitative estimate of drug-likeness (QED) is 0.886. The van der Waals surface area contributed by atoms with Gasteiger partial charge in [0.15, 0.2) is 5.96 Å². The molecule has 3 rings (SSSR count). The number of amides is 2. The lowest BCUT2D eigenvalue weighted by atomic mass is 9.87. The van der Waals surface area contributed by atoms with E-state index >= 15 is 0 Å². The minimum Gasteiger partial charge on any atom is -0.369 e. The van der Waals surface area contributed by atoms with Gasteiger partial charge in [-0.2, -0.15) is 0 Å². The Balaban J connectivity index is 1.87. The van der Waals surface area contributed by atoms with Gasteiger partial charge in [-0.25, -0.2) is 4.99 Å². The van der Waals surface area contributed by atoms with E-state index in [2.05, 4.69) is 10.3 Å². The van der Waals surface area contributed by atoms with Crippen LogP contribution in [-0.2, 0) is 10.3 Å². The molecule has 7 heteroatoms. The maximum absolute atomic E-state index is 12.3. The largest absolute Gasteiger partial charge is 0.369 e. The number of aryl methyl sites for hydroxylation is 1. The van der Waals surface area contributed by atoms with Crippen molar-refractivity contribution in [3.63, 3.8) is 0 Å². The van der Waals surface area contributed by atoms with Crippen LogP contribution in [0.3, 0.4) is 0 Å². The minimum atomic E-state index is -0.742. The van der Waals surface area contributed by atoms with Gasteiger partial charge in [-0.1, -0.05) is 12.1 Å². The third-order valence-corrected chi connectivity index (χ3v) is 5.28. The second-order valence-electron chi connectivity index (χ2n) is 6.32. The van der Waals surface area contributed by atoms with E-state index in [0.29, 0.717) is 10.6 Å². The first-order valence-corrected chi connectivity index (χ1v) is 8.70. The SMILES string of the molecule is Cc1ccc(C(=O)Nc2cccc([C@]3(C)CC(=O)N(C)C(N)=N3)c2)s1. The summed E-state index contributed by atoms with van der Waals surface area (Å²) in [5, 5.41) is 2.90. The molecule has 1 aliphatic heterocycles. The number of nitrogens with two attached hydrogens (primary N) is 1. The number of hydrogen-bond donors (Lipinski definition) is 2. The monoisotopic (exact) mass is 356 g/mol. The Labute approximate surface area is 150 Å². The summed E-state index contributed by atoms with van der Waals surface area (Å²) in [5.41, 5.74) is 6.62. The fourth-order valence-corrected chi connectivity index (χ4v) is 3.52. The Morgan fingerprint density at radius 3 is 2.76 bits per heavy atom. The van der Waals surface area contributed by atoms with Crippen molar-refractivity contribution in [2.45, 2.75) is 25.8 Å². The summed E-state index contributed by atoms with van der Waals surface area (Å²) in [6.45, 7) is 3.83. The zero-order valence-corrected chi connectivity index (χ0v) is 15.2. The van der Waals surface area contributed by atoms with Gasteiger partial charge in [0.2, 0.25) is 5.91 Å². The van der Waals surface area contributed by atoms with E-state index in [1.54, 1.807) is 13.1 Å². The van der Waals surface area contributed by atoms with E-state index in [-0.39, 0.29) is 24.2 Å². The van der Waals surface area contributed by atoms with Gasteiger partial charge in [0.1, 0.15) is 0 Å². The van der Waals surface area contributed by atoms with Crippen molar-refractivity contribution in [2.24, 2.45) is 10.7 Å². The van der Waals surface area contributed by atoms with Crippen LogP contribution in [0.2, 0.25) is 0 Å². The van der Waals surface area contributed by atoms with Gasteiger partial charge in [-0.05, 0) is 43.7 Å². The highest BCUT2D eigenvalue weighted by molar-refractivity contribution is 7.14. The normalized spacial score (nSPS) is 20.4.